The van der Waals surface area contributed by atoms with Crippen molar-refractivity contribution in [2.45, 2.75) is 47.9 Å². The first-order valence-electron chi connectivity index (χ1n) is 10.5. The zero-order valence-electron chi connectivity index (χ0n) is 17.2. The Kier molecular flexibility index (Phi) is 6.56. The number of hydrogen-bond acceptors (Lipinski definition) is 7. The molecule has 1 aliphatic carbocycles. The highest BCUT2D eigenvalue weighted by molar-refractivity contribution is 7.89. The predicted molar refractivity (Wildman–Crippen MR) is 117 cm³/mol. The van der Waals surface area contributed by atoms with Gasteiger partial charge < -0.3 is 4.90 Å². The smallest absolute Gasteiger partial charge is 0.243 e. The highest BCUT2D eigenvalue weighted by atomic mass is 32.2. The number of rotatable bonds is 6. The van der Waals surface area contributed by atoms with Crippen LogP contribution in [-0.2, 0) is 20.0 Å². The maximum atomic E-state index is 13.0. The molecule has 168 valence electrons. The van der Waals surface area contributed by atoms with Crippen LogP contribution < -0.4 is 9.62 Å². The monoisotopic (exact) mass is 465 g/mol. The van der Waals surface area contributed by atoms with E-state index in [0.29, 0.717) is 32.1 Å². The molecule has 0 amide bonds. The number of nitrogens with zero attached hydrogens (tertiary/aromatic N) is 4. The molecule has 0 unspecified atom stereocenters. The zero-order chi connectivity index (χ0) is 21.9. The summed E-state index contributed by atoms with van der Waals surface area (Å²) < 4.78 is 55.5. The standard InChI is InChI=1S/C20H27N5O4S2/c26-30(27,23-17-5-2-1-3-6-17)18-7-9-19(10-8-18)31(28,29)25-15-13-24(14-16-25)20-21-11-4-12-22-20/h4,7-12,17,23H,1-3,5-6,13-16H2. The Bertz CT molecular complexity index is 1080. The van der Waals surface area contributed by atoms with Gasteiger partial charge in [0.15, 0.2) is 0 Å². The molecule has 1 aromatic heterocycles. The van der Waals surface area contributed by atoms with Gasteiger partial charge in [0.05, 0.1) is 9.79 Å². The predicted octanol–water partition coefficient (Wildman–Crippen LogP) is 1.60. The minimum absolute atomic E-state index is 0.0490. The van der Waals surface area contributed by atoms with E-state index < -0.39 is 20.0 Å². The van der Waals surface area contributed by atoms with Crippen LogP contribution in [-0.4, -0.2) is 63.3 Å². The molecule has 9 nitrogen and oxygen atoms in total. The van der Waals surface area contributed by atoms with Crippen molar-refractivity contribution in [3.8, 4) is 0 Å². The van der Waals surface area contributed by atoms with Crippen molar-refractivity contribution in [3.63, 3.8) is 0 Å². The van der Waals surface area contributed by atoms with Crippen LogP contribution in [0, 0.1) is 0 Å². The Morgan fingerprint density at radius 3 is 2.00 bits per heavy atom. The van der Waals surface area contributed by atoms with Crippen molar-refractivity contribution in [1.29, 1.82) is 0 Å². The van der Waals surface area contributed by atoms with Crippen molar-refractivity contribution in [1.82, 2.24) is 19.0 Å². The number of sulfonamides is 2. The first-order chi connectivity index (χ1) is 14.9. The number of nitrogens with one attached hydrogen (secondary N) is 1. The van der Waals surface area contributed by atoms with Crippen LogP contribution in [0.3, 0.4) is 0 Å². The summed E-state index contributed by atoms with van der Waals surface area (Å²) in [6.07, 6.45) is 8.17. The van der Waals surface area contributed by atoms with Crippen molar-refractivity contribution in [2.75, 3.05) is 31.1 Å². The quantitative estimate of drug-likeness (QED) is 0.689. The molecular formula is C20H27N5O4S2. The molecule has 1 saturated carbocycles. The minimum atomic E-state index is -3.71. The molecule has 1 aromatic carbocycles. The molecule has 0 atom stereocenters. The van der Waals surface area contributed by atoms with Crippen LogP contribution in [0.25, 0.3) is 0 Å². The summed E-state index contributed by atoms with van der Waals surface area (Å²) >= 11 is 0. The maximum Gasteiger partial charge on any atom is 0.243 e. The van der Waals surface area contributed by atoms with Crippen LogP contribution in [0.4, 0.5) is 5.95 Å². The zero-order valence-corrected chi connectivity index (χ0v) is 18.9. The lowest BCUT2D eigenvalue weighted by Gasteiger charge is -2.33. The van der Waals surface area contributed by atoms with Crippen LogP contribution in [0.5, 0.6) is 0 Å². The molecule has 2 aliphatic rings. The SMILES string of the molecule is O=S(=O)(NC1CCCCC1)c1ccc(S(=O)(=O)N2CCN(c3ncccn3)CC2)cc1. The molecule has 11 heteroatoms. The van der Waals surface area contributed by atoms with Gasteiger partial charge in [-0.15, -0.1) is 0 Å². The highest BCUT2D eigenvalue weighted by Crippen LogP contribution is 2.23. The average Bonchev–Trinajstić information content (AvgIpc) is 2.80. The lowest BCUT2D eigenvalue weighted by Crippen LogP contribution is -2.49. The topological polar surface area (TPSA) is 113 Å². The second-order valence-corrected chi connectivity index (χ2v) is 11.5. The Hall–Kier alpha value is -2.08. The van der Waals surface area contributed by atoms with Crippen LogP contribution in [0.1, 0.15) is 32.1 Å². The van der Waals surface area contributed by atoms with E-state index in [-0.39, 0.29) is 15.8 Å². The molecule has 2 heterocycles. The molecule has 2 fully saturated rings. The lowest BCUT2D eigenvalue weighted by atomic mass is 9.96. The van der Waals surface area contributed by atoms with Gasteiger partial charge >= 0.3 is 0 Å². The fraction of sp³-hybridized carbons (Fsp3) is 0.500. The van der Waals surface area contributed by atoms with Gasteiger partial charge in [-0.2, -0.15) is 4.31 Å². The highest BCUT2D eigenvalue weighted by Gasteiger charge is 2.30. The molecular weight excluding hydrogens is 438 g/mol. The van der Waals surface area contributed by atoms with Crippen LogP contribution in [0.15, 0.2) is 52.5 Å². The lowest BCUT2D eigenvalue weighted by molar-refractivity contribution is 0.382. The molecule has 1 aliphatic heterocycles. The van der Waals surface area contributed by atoms with Gasteiger partial charge in [0, 0.05) is 44.6 Å². The van der Waals surface area contributed by atoms with E-state index in [4.69, 9.17) is 0 Å². The summed E-state index contributed by atoms with van der Waals surface area (Å²) in [4.78, 5) is 10.5. The number of benzene rings is 1. The number of aromatic nitrogens is 2. The maximum absolute atomic E-state index is 13.0. The summed E-state index contributed by atoms with van der Waals surface area (Å²) in [5.74, 6) is 0.583. The first-order valence-corrected chi connectivity index (χ1v) is 13.4. The van der Waals surface area contributed by atoms with E-state index in [0.717, 1.165) is 32.1 Å². The fourth-order valence-corrected chi connectivity index (χ4v) is 6.76. The Morgan fingerprint density at radius 1 is 0.806 bits per heavy atom. The molecule has 31 heavy (non-hydrogen) atoms. The van der Waals surface area contributed by atoms with Crippen molar-refractivity contribution in [3.05, 3.63) is 42.7 Å². The molecule has 0 radical (unpaired) electrons. The van der Waals surface area contributed by atoms with Crippen LogP contribution in [0.2, 0.25) is 0 Å². The third kappa shape index (κ3) is 5.05. The second kappa shape index (κ2) is 9.19. The molecule has 0 spiro atoms. The summed E-state index contributed by atoms with van der Waals surface area (Å²) in [5.41, 5.74) is 0. The van der Waals surface area contributed by atoms with Gasteiger partial charge in [0.1, 0.15) is 0 Å². The van der Waals surface area contributed by atoms with E-state index in [1.165, 1.54) is 28.6 Å². The summed E-state index contributed by atoms with van der Waals surface area (Å²) in [6, 6.07) is 7.17. The molecule has 1 N–H and O–H groups in total. The van der Waals surface area contributed by atoms with Gasteiger partial charge in [0.25, 0.3) is 0 Å². The van der Waals surface area contributed by atoms with Gasteiger partial charge in [0.2, 0.25) is 26.0 Å². The van der Waals surface area contributed by atoms with Crippen LogP contribution >= 0.6 is 0 Å². The Labute approximate surface area is 183 Å². The molecule has 0 bridgehead atoms. The van der Waals surface area contributed by atoms with Crippen molar-refractivity contribution in [2.24, 2.45) is 0 Å². The number of hydrogen-bond donors (Lipinski definition) is 1. The van der Waals surface area contributed by atoms with Gasteiger partial charge in [-0.05, 0) is 43.2 Å². The molecule has 4 rings (SSSR count). The summed E-state index contributed by atoms with van der Waals surface area (Å²) in [7, 11) is -7.37. The third-order valence-electron chi connectivity index (χ3n) is 5.77. The Morgan fingerprint density at radius 2 is 1.39 bits per heavy atom. The number of anilines is 1. The van der Waals surface area contributed by atoms with Gasteiger partial charge in [-0.1, -0.05) is 19.3 Å². The minimum Gasteiger partial charge on any atom is -0.338 e. The van der Waals surface area contributed by atoms with E-state index in [9.17, 15) is 16.8 Å². The van der Waals surface area contributed by atoms with Gasteiger partial charge in [-0.25, -0.2) is 31.5 Å². The van der Waals surface area contributed by atoms with Crippen molar-refractivity contribution < 1.29 is 16.8 Å². The Balaban J connectivity index is 1.42. The second-order valence-electron chi connectivity index (χ2n) is 7.87. The largest absolute Gasteiger partial charge is 0.338 e. The molecule has 2 aromatic rings. The normalized spacial score (nSPS) is 19.4. The molecule has 1 saturated heterocycles. The summed E-state index contributed by atoms with van der Waals surface area (Å²) in [5, 5.41) is 0. The van der Waals surface area contributed by atoms with E-state index in [2.05, 4.69) is 14.7 Å². The van der Waals surface area contributed by atoms with Crippen molar-refractivity contribution >= 4 is 26.0 Å². The average molecular weight is 466 g/mol. The van der Waals surface area contributed by atoms with Gasteiger partial charge in [-0.3, -0.25) is 0 Å². The first kappa shape index (κ1) is 22.1. The third-order valence-corrected chi connectivity index (χ3v) is 9.22. The van der Waals surface area contributed by atoms with E-state index >= 15 is 0 Å². The summed E-state index contributed by atoms with van der Waals surface area (Å²) in [6.45, 7) is 1.59. The number of piperazine rings is 1. The van der Waals surface area contributed by atoms with E-state index in [1.54, 1.807) is 18.5 Å². The van der Waals surface area contributed by atoms with E-state index in [1.807, 2.05) is 4.90 Å². The fourth-order valence-electron chi connectivity index (χ4n) is 4.03.